The Hall–Kier alpha value is -3.81. The van der Waals surface area contributed by atoms with Gasteiger partial charge in [-0.1, -0.05) is 35.5 Å². The van der Waals surface area contributed by atoms with Gasteiger partial charge in [0.2, 0.25) is 0 Å². The van der Waals surface area contributed by atoms with Crippen LogP contribution < -0.4 is 5.32 Å². The first-order chi connectivity index (χ1) is 14.0. The topological polar surface area (TPSA) is 86.1 Å². The van der Waals surface area contributed by atoms with Gasteiger partial charge >= 0.3 is 5.97 Å². The minimum atomic E-state index is -1.02. The standard InChI is InChI=1S/C21H19FN4O3/c1-15(21(28)23-18-9-7-17(22)8-10-18)29-20(27)12-11-19-14-26(25-24-19)13-16-5-3-2-4-6-16/h2-12,14-15H,13H2,1H3,(H,23,28)/b12-11+/t15-/m0/s1. The minimum Gasteiger partial charge on any atom is -0.449 e. The van der Waals surface area contributed by atoms with Crippen molar-refractivity contribution in [3.8, 4) is 0 Å². The van der Waals surface area contributed by atoms with Crippen molar-refractivity contribution in [2.24, 2.45) is 0 Å². The SMILES string of the molecule is C[C@H](OC(=O)/C=C/c1cn(Cc2ccccc2)nn1)C(=O)Nc1ccc(F)cc1. The molecule has 0 fully saturated rings. The molecule has 1 heterocycles. The molecule has 2 aromatic carbocycles. The molecule has 148 valence electrons. The van der Waals surface area contributed by atoms with Crippen molar-refractivity contribution in [1.82, 2.24) is 15.0 Å². The van der Waals surface area contributed by atoms with Crippen molar-refractivity contribution in [2.45, 2.75) is 19.6 Å². The second-order valence-electron chi connectivity index (χ2n) is 6.24. The van der Waals surface area contributed by atoms with Crippen molar-refractivity contribution in [2.75, 3.05) is 5.32 Å². The van der Waals surface area contributed by atoms with Crippen LogP contribution in [0.1, 0.15) is 18.2 Å². The summed E-state index contributed by atoms with van der Waals surface area (Å²) in [5.74, 6) is -1.62. The van der Waals surface area contributed by atoms with E-state index in [1.54, 1.807) is 10.9 Å². The highest BCUT2D eigenvalue weighted by molar-refractivity contribution is 5.96. The Labute approximate surface area is 166 Å². The summed E-state index contributed by atoms with van der Waals surface area (Å²) in [6, 6.07) is 15.1. The molecule has 1 N–H and O–H groups in total. The van der Waals surface area contributed by atoms with Crippen LogP contribution in [0.25, 0.3) is 6.08 Å². The zero-order chi connectivity index (χ0) is 20.6. The summed E-state index contributed by atoms with van der Waals surface area (Å²) in [5, 5.41) is 10.5. The van der Waals surface area contributed by atoms with Gasteiger partial charge in [0.25, 0.3) is 5.91 Å². The van der Waals surface area contributed by atoms with E-state index >= 15 is 0 Å². The Morgan fingerprint density at radius 3 is 2.62 bits per heavy atom. The lowest BCUT2D eigenvalue weighted by atomic mass is 10.2. The molecule has 0 bridgehead atoms. The molecule has 0 saturated carbocycles. The van der Waals surface area contributed by atoms with Gasteiger partial charge in [0, 0.05) is 11.8 Å². The van der Waals surface area contributed by atoms with Gasteiger partial charge in [0.15, 0.2) is 6.10 Å². The van der Waals surface area contributed by atoms with Gasteiger partial charge in [-0.2, -0.15) is 0 Å². The lowest BCUT2D eigenvalue weighted by Gasteiger charge is -2.12. The quantitative estimate of drug-likeness (QED) is 0.492. The molecule has 7 nitrogen and oxygen atoms in total. The number of hydrogen-bond donors (Lipinski definition) is 1. The van der Waals surface area contributed by atoms with Crippen molar-refractivity contribution in [3.63, 3.8) is 0 Å². The van der Waals surface area contributed by atoms with Gasteiger partial charge in [-0.3, -0.25) is 4.79 Å². The van der Waals surface area contributed by atoms with Crippen LogP contribution >= 0.6 is 0 Å². The minimum absolute atomic E-state index is 0.407. The summed E-state index contributed by atoms with van der Waals surface area (Å²) in [6.45, 7) is 2.01. The van der Waals surface area contributed by atoms with Gasteiger partial charge < -0.3 is 10.1 Å². The summed E-state index contributed by atoms with van der Waals surface area (Å²) in [6.07, 6.45) is 3.31. The number of rotatable bonds is 7. The molecule has 0 unspecified atom stereocenters. The predicted octanol–water partition coefficient (Wildman–Crippen LogP) is 3.05. The van der Waals surface area contributed by atoms with Crippen LogP contribution in [0.5, 0.6) is 0 Å². The van der Waals surface area contributed by atoms with Crippen LogP contribution in [0.2, 0.25) is 0 Å². The number of carbonyl (C=O) groups excluding carboxylic acids is 2. The lowest BCUT2D eigenvalue weighted by molar-refractivity contribution is -0.148. The monoisotopic (exact) mass is 394 g/mol. The van der Waals surface area contributed by atoms with E-state index in [2.05, 4.69) is 15.6 Å². The smallest absolute Gasteiger partial charge is 0.331 e. The number of nitrogens with zero attached hydrogens (tertiary/aromatic N) is 3. The van der Waals surface area contributed by atoms with Gasteiger partial charge in [0.05, 0.1) is 12.7 Å². The number of hydrogen-bond acceptors (Lipinski definition) is 5. The first kappa shape index (κ1) is 19.9. The largest absolute Gasteiger partial charge is 0.449 e. The van der Waals surface area contributed by atoms with Crippen LogP contribution in [-0.4, -0.2) is 33.0 Å². The fourth-order valence-electron chi connectivity index (χ4n) is 2.44. The van der Waals surface area contributed by atoms with E-state index in [1.165, 1.54) is 43.3 Å². The first-order valence-electron chi connectivity index (χ1n) is 8.89. The van der Waals surface area contributed by atoms with Crippen molar-refractivity contribution in [3.05, 3.63) is 83.9 Å². The second-order valence-corrected chi connectivity index (χ2v) is 6.24. The molecule has 0 aliphatic heterocycles. The summed E-state index contributed by atoms with van der Waals surface area (Å²) in [4.78, 5) is 24.0. The molecule has 29 heavy (non-hydrogen) atoms. The van der Waals surface area contributed by atoms with Gasteiger partial charge in [-0.05, 0) is 42.8 Å². The third-order valence-electron chi connectivity index (χ3n) is 3.91. The third-order valence-corrected chi connectivity index (χ3v) is 3.91. The Bertz CT molecular complexity index is 1000. The first-order valence-corrected chi connectivity index (χ1v) is 8.89. The Balaban J connectivity index is 1.50. The molecule has 0 saturated heterocycles. The van der Waals surface area contributed by atoms with Gasteiger partial charge in [-0.25, -0.2) is 13.9 Å². The third kappa shape index (κ3) is 6.10. The van der Waals surface area contributed by atoms with E-state index in [0.29, 0.717) is 17.9 Å². The summed E-state index contributed by atoms with van der Waals surface area (Å²) >= 11 is 0. The molecular weight excluding hydrogens is 375 g/mol. The number of esters is 1. The van der Waals surface area contributed by atoms with Crippen LogP contribution in [0.3, 0.4) is 0 Å². The highest BCUT2D eigenvalue weighted by atomic mass is 19.1. The zero-order valence-corrected chi connectivity index (χ0v) is 15.7. The fraction of sp³-hybridized carbons (Fsp3) is 0.143. The van der Waals surface area contributed by atoms with Gasteiger partial charge in [0.1, 0.15) is 11.5 Å². The van der Waals surface area contributed by atoms with E-state index in [0.717, 1.165) is 5.56 Å². The van der Waals surface area contributed by atoms with E-state index in [4.69, 9.17) is 4.74 Å². The molecule has 0 aliphatic rings. The Morgan fingerprint density at radius 2 is 1.90 bits per heavy atom. The number of amides is 1. The second kappa shape index (κ2) is 9.41. The van der Waals surface area contributed by atoms with Crippen LogP contribution in [0, 0.1) is 5.82 Å². The van der Waals surface area contributed by atoms with Crippen LogP contribution in [0.4, 0.5) is 10.1 Å². The Morgan fingerprint density at radius 1 is 1.17 bits per heavy atom. The van der Waals surface area contributed by atoms with Gasteiger partial charge in [-0.15, -0.1) is 5.10 Å². The molecule has 1 amide bonds. The molecule has 0 spiro atoms. The van der Waals surface area contributed by atoms with E-state index in [9.17, 15) is 14.0 Å². The maximum Gasteiger partial charge on any atom is 0.331 e. The highest BCUT2D eigenvalue weighted by Gasteiger charge is 2.16. The van der Waals surface area contributed by atoms with E-state index < -0.39 is 23.8 Å². The van der Waals surface area contributed by atoms with Crippen molar-refractivity contribution in [1.29, 1.82) is 0 Å². The number of aromatic nitrogens is 3. The maximum absolute atomic E-state index is 12.9. The Kier molecular flexibility index (Phi) is 6.47. The average Bonchev–Trinajstić information content (AvgIpc) is 3.16. The number of anilines is 1. The molecule has 0 radical (unpaired) electrons. The average molecular weight is 394 g/mol. The summed E-state index contributed by atoms with van der Waals surface area (Å²) in [7, 11) is 0. The lowest BCUT2D eigenvalue weighted by Crippen LogP contribution is -2.29. The molecule has 8 heteroatoms. The highest BCUT2D eigenvalue weighted by Crippen LogP contribution is 2.09. The number of nitrogens with one attached hydrogen (secondary N) is 1. The number of carbonyl (C=O) groups is 2. The van der Waals surface area contributed by atoms with E-state index in [1.807, 2.05) is 30.3 Å². The fourth-order valence-corrected chi connectivity index (χ4v) is 2.44. The number of benzene rings is 2. The summed E-state index contributed by atoms with van der Waals surface area (Å²) in [5.41, 5.74) is 1.97. The van der Waals surface area contributed by atoms with Crippen LogP contribution in [-0.2, 0) is 20.9 Å². The molecule has 0 aliphatic carbocycles. The molecule has 1 atom stereocenters. The molecule has 1 aromatic heterocycles. The van der Waals surface area contributed by atoms with Crippen LogP contribution in [0.15, 0.2) is 66.9 Å². The number of halogens is 1. The van der Waals surface area contributed by atoms with E-state index in [-0.39, 0.29) is 0 Å². The summed E-state index contributed by atoms with van der Waals surface area (Å²) < 4.78 is 19.6. The maximum atomic E-state index is 12.9. The van der Waals surface area contributed by atoms with Crippen molar-refractivity contribution >= 4 is 23.6 Å². The molecule has 3 rings (SSSR count). The van der Waals surface area contributed by atoms with Crippen molar-refractivity contribution < 1.29 is 18.7 Å². The molecule has 3 aromatic rings. The zero-order valence-electron chi connectivity index (χ0n) is 15.7. The predicted molar refractivity (Wildman–Crippen MR) is 105 cm³/mol. The number of ether oxygens (including phenoxy) is 1. The molecular formula is C21H19FN4O3. The normalized spacial score (nSPS) is 11.9.